The molecule has 3 heterocycles. The molecule has 0 bridgehead atoms. The summed E-state index contributed by atoms with van der Waals surface area (Å²) in [6.07, 6.45) is 4.03. The Morgan fingerprint density at radius 1 is 1.09 bits per heavy atom. The minimum atomic E-state index is -0.369. The molecule has 0 fully saturated rings. The molecule has 0 radical (unpaired) electrons. The number of halogens is 1. The smallest absolute Gasteiger partial charge is 0.258 e. The van der Waals surface area contributed by atoms with Crippen LogP contribution in [0.2, 0.25) is 0 Å². The zero-order valence-corrected chi connectivity index (χ0v) is 19.2. The average Bonchev–Trinajstić information content (AvgIpc) is 3.23. The number of carbonyl (C=O) groups excluding carboxylic acids is 1. The van der Waals surface area contributed by atoms with E-state index in [1.807, 2.05) is 36.4 Å². The summed E-state index contributed by atoms with van der Waals surface area (Å²) in [7, 11) is 0. The maximum absolute atomic E-state index is 13.3. The van der Waals surface area contributed by atoms with Gasteiger partial charge in [-0.15, -0.1) is 0 Å². The van der Waals surface area contributed by atoms with E-state index in [0.717, 1.165) is 23.4 Å². The van der Waals surface area contributed by atoms with Crippen molar-refractivity contribution in [3.8, 4) is 5.88 Å². The lowest BCUT2D eigenvalue weighted by molar-refractivity contribution is 0.0944. The van der Waals surface area contributed by atoms with Gasteiger partial charge in [-0.1, -0.05) is 36.4 Å². The van der Waals surface area contributed by atoms with E-state index in [0.29, 0.717) is 5.95 Å². The van der Waals surface area contributed by atoms with Gasteiger partial charge in [0.15, 0.2) is 0 Å². The van der Waals surface area contributed by atoms with Gasteiger partial charge < -0.3 is 15.0 Å². The highest BCUT2D eigenvalue weighted by atomic mass is 19.1. The highest BCUT2D eigenvalue weighted by Gasteiger charge is 2.30. The number of ether oxygens (including phenoxy) is 1. The molecule has 0 aliphatic carbocycles. The van der Waals surface area contributed by atoms with Gasteiger partial charge in [0.2, 0.25) is 11.8 Å². The van der Waals surface area contributed by atoms with E-state index in [4.69, 9.17) is 4.74 Å². The number of amides is 1. The van der Waals surface area contributed by atoms with E-state index in [1.54, 1.807) is 18.3 Å². The van der Waals surface area contributed by atoms with E-state index in [9.17, 15) is 9.18 Å². The summed E-state index contributed by atoms with van der Waals surface area (Å²) < 4.78 is 19.3. The third kappa shape index (κ3) is 4.96. The Labute approximate surface area is 202 Å². The molecular formula is C27H24FN5O2. The van der Waals surface area contributed by atoms with Crippen LogP contribution in [-0.2, 0) is 19.6 Å². The van der Waals surface area contributed by atoms with Crippen LogP contribution >= 0.6 is 0 Å². The van der Waals surface area contributed by atoms with Gasteiger partial charge in [-0.25, -0.2) is 9.37 Å². The van der Waals surface area contributed by atoms with E-state index < -0.39 is 0 Å². The molecule has 5 rings (SSSR count). The SMILES string of the molecule is CC1Cc2ccccc2N1c1ncc(C(=O)NCc2ccccn2)c(OCc2ccc(F)cc2)n1. The minimum Gasteiger partial charge on any atom is -0.472 e. The molecule has 2 aromatic carbocycles. The van der Waals surface area contributed by atoms with E-state index in [-0.39, 0.29) is 42.4 Å². The summed E-state index contributed by atoms with van der Waals surface area (Å²) in [5, 5.41) is 2.85. The van der Waals surface area contributed by atoms with Crippen molar-refractivity contribution >= 4 is 17.5 Å². The largest absolute Gasteiger partial charge is 0.472 e. The van der Waals surface area contributed by atoms with Crippen LogP contribution in [0.1, 0.15) is 34.1 Å². The lowest BCUT2D eigenvalue weighted by Gasteiger charge is -2.23. The van der Waals surface area contributed by atoms with Gasteiger partial charge in [0.25, 0.3) is 5.91 Å². The van der Waals surface area contributed by atoms with Gasteiger partial charge in [0, 0.05) is 24.1 Å². The lowest BCUT2D eigenvalue weighted by atomic mass is 10.1. The van der Waals surface area contributed by atoms with Gasteiger partial charge >= 0.3 is 0 Å². The molecule has 1 unspecified atom stereocenters. The average molecular weight is 470 g/mol. The van der Waals surface area contributed by atoms with Crippen molar-refractivity contribution in [3.05, 3.63) is 107 Å². The third-order valence-corrected chi connectivity index (χ3v) is 5.85. The number of pyridine rings is 1. The number of aromatic nitrogens is 3. The number of hydrogen-bond donors (Lipinski definition) is 1. The quantitative estimate of drug-likeness (QED) is 0.426. The van der Waals surface area contributed by atoms with Crippen molar-refractivity contribution in [1.82, 2.24) is 20.3 Å². The summed E-state index contributed by atoms with van der Waals surface area (Å²) in [5.74, 6) is -0.0761. The Kier molecular flexibility index (Phi) is 6.34. The topological polar surface area (TPSA) is 80.2 Å². The molecule has 176 valence electrons. The number of nitrogens with zero attached hydrogens (tertiary/aromatic N) is 4. The second kappa shape index (κ2) is 9.89. The van der Waals surface area contributed by atoms with Gasteiger partial charge in [-0.2, -0.15) is 4.98 Å². The monoisotopic (exact) mass is 469 g/mol. The molecule has 1 atom stereocenters. The molecule has 0 saturated carbocycles. The zero-order chi connectivity index (χ0) is 24.2. The maximum Gasteiger partial charge on any atom is 0.258 e. The van der Waals surface area contributed by atoms with Gasteiger partial charge in [0.1, 0.15) is 18.0 Å². The standard InChI is InChI=1S/C27H24FN5O2/c1-18-14-20-6-2-3-8-24(20)33(18)27-31-16-23(25(34)30-15-22-7-4-5-13-29-22)26(32-27)35-17-19-9-11-21(28)12-10-19/h2-13,16,18H,14-15,17H2,1H3,(H,30,34). The van der Waals surface area contributed by atoms with E-state index in [2.05, 4.69) is 38.2 Å². The summed E-state index contributed by atoms with van der Waals surface area (Å²) in [6, 6.07) is 19.8. The van der Waals surface area contributed by atoms with E-state index >= 15 is 0 Å². The van der Waals surface area contributed by atoms with Crippen LogP contribution in [0.4, 0.5) is 16.0 Å². The van der Waals surface area contributed by atoms with Crippen molar-refractivity contribution in [2.75, 3.05) is 4.90 Å². The number of para-hydroxylation sites is 1. The Morgan fingerprint density at radius 3 is 2.69 bits per heavy atom. The molecule has 1 aliphatic rings. The summed E-state index contributed by atoms with van der Waals surface area (Å²) in [5.41, 5.74) is 3.96. The van der Waals surface area contributed by atoms with Crippen LogP contribution in [0.15, 0.2) is 79.1 Å². The molecular weight excluding hydrogens is 445 g/mol. The summed E-state index contributed by atoms with van der Waals surface area (Å²) >= 11 is 0. The lowest BCUT2D eigenvalue weighted by Crippen LogP contribution is -2.28. The molecule has 1 N–H and O–H groups in total. The number of nitrogens with one attached hydrogen (secondary N) is 1. The molecule has 2 aromatic heterocycles. The van der Waals surface area contributed by atoms with E-state index in [1.165, 1.54) is 23.9 Å². The third-order valence-electron chi connectivity index (χ3n) is 5.85. The summed E-state index contributed by atoms with van der Waals surface area (Å²) in [6.45, 7) is 2.49. The van der Waals surface area contributed by atoms with Crippen molar-refractivity contribution in [3.63, 3.8) is 0 Å². The van der Waals surface area contributed by atoms with Crippen LogP contribution in [0.25, 0.3) is 0 Å². The Hall–Kier alpha value is -4.33. The van der Waals surface area contributed by atoms with Crippen LogP contribution in [-0.4, -0.2) is 26.9 Å². The number of benzene rings is 2. The highest BCUT2D eigenvalue weighted by Crippen LogP contribution is 2.37. The Balaban J connectivity index is 1.43. The van der Waals surface area contributed by atoms with Crippen LogP contribution in [0.5, 0.6) is 5.88 Å². The van der Waals surface area contributed by atoms with Crippen molar-refractivity contribution in [2.24, 2.45) is 0 Å². The predicted octanol–water partition coefficient (Wildman–Crippen LogP) is 4.60. The maximum atomic E-state index is 13.3. The Morgan fingerprint density at radius 2 is 1.89 bits per heavy atom. The molecule has 8 heteroatoms. The second-order valence-corrected chi connectivity index (χ2v) is 8.36. The molecule has 1 amide bonds. The Bertz CT molecular complexity index is 1330. The normalized spacial score (nSPS) is 14.5. The van der Waals surface area contributed by atoms with Gasteiger partial charge in [0.05, 0.1) is 12.2 Å². The fourth-order valence-electron chi connectivity index (χ4n) is 4.11. The second-order valence-electron chi connectivity index (χ2n) is 8.36. The molecule has 35 heavy (non-hydrogen) atoms. The molecule has 4 aromatic rings. The predicted molar refractivity (Wildman–Crippen MR) is 130 cm³/mol. The molecule has 1 aliphatic heterocycles. The number of rotatable bonds is 7. The number of hydrogen-bond acceptors (Lipinski definition) is 6. The van der Waals surface area contributed by atoms with Crippen LogP contribution in [0, 0.1) is 5.82 Å². The zero-order valence-electron chi connectivity index (χ0n) is 19.2. The summed E-state index contributed by atoms with van der Waals surface area (Å²) in [4.78, 5) is 28.5. The van der Waals surface area contributed by atoms with Crippen LogP contribution in [0.3, 0.4) is 0 Å². The van der Waals surface area contributed by atoms with Crippen molar-refractivity contribution in [2.45, 2.75) is 32.5 Å². The first kappa shape index (κ1) is 22.5. The molecule has 0 saturated heterocycles. The highest BCUT2D eigenvalue weighted by molar-refractivity contribution is 5.96. The number of anilines is 2. The number of carbonyl (C=O) groups is 1. The fraction of sp³-hybridized carbons (Fsp3) is 0.185. The van der Waals surface area contributed by atoms with Gasteiger partial charge in [-0.3, -0.25) is 9.78 Å². The fourth-order valence-corrected chi connectivity index (χ4v) is 4.11. The van der Waals surface area contributed by atoms with Gasteiger partial charge in [-0.05, 0) is 54.8 Å². The van der Waals surface area contributed by atoms with Crippen molar-refractivity contribution in [1.29, 1.82) is 0 Å². The minimum absolute atomic E-state index is 0.128. The first-order chi connectivity index (χ1) is 17.1. The van der Waals surface area contributed by atoms with Crippen LogP contribution < -0.4 is 15.0 Å². The number of fused-ring (bicyclic) bond motifs is 1. The first-order valence-corrected chi connectivity index (χ1v) is 11.4. The molecule has 7 nitrogen and oxygen atoms in total. The molecule has 0 spiro atoms. The van der Waals surface area contributed by atoms with Crippen molar-refractivity contribution < 1.29 is 13.9 Å². The first-order valence-electron chi connectivity index (χ1n) is 11.4.